The summed E-state index contributed by atoms with van der Waals surface area (Å²) >= 11 is 0. The summed E-state index contributed by atoms with van der Waals surface area (Å²) < 4.78 is 12.0. The van der Waals surface area contributed by atoms with Gasteiger partial charge in [-0.25, -0.2) is 15.0 Å². The van der Waals surface area contributed by atoms with Crippen LogP contribution in [-0.2, 0) is 26.7 Å². The SMILES string of the molecule is Cn1cc(-c2ccc(CNc3cc(-c4cnc5cc(OCCN6CCn7nccc7C6)ccn45)ncn3)cc2)cn1. The Kier molecular flexibility index (Phi) is 6.61. The molecule has 0 spiro atoms. The van der Waals surface area contributed by atoms with Crippen LogP contribution in [0.2, 0.25) is 0 Å². The van der Waals surface area contributed by atoms with Gasteiger partial charge in [0.25, 0.3) is 0 Å². The van der Waals surface area contributed by atoms with Gasteiger partial charge in [-0.05, 0) is 23.3 Å². The molecule has 0 atom stereocenters. The van der Waals surface area contributed by atoms with E-state index in [9.17, 15) is 0 Å². The van der Waals surface area contributed by atoms with Crippen molar-refractivity contribution in [3.05, 3.63) is 97.1 Å². The molecule has 0 saturated carbocycles. The summed E-state index contributed by atoms with van der Waals surface area (Å²) in [6, 6.07) is 16.4. The van der Waals surface area contributed by atoms with Crippen LogP contribution in [0.1, 0.15) is 11.3 Å². The largest absolute Gasteiger partial charge is 0.492 e. The number of benzene rings is 1. The maximum absolute atomic E-state index is 6.07. The number of anilines is 1. The van der Waals surface area contributed by atoms with Gasteiger partial charge < -0.3 is 10.1 Å². The number of imidazole rings is 1. The Hall–Kier alpha value is -5.03. The molecule has 5 aromatic heterocycles. The summed E-state index contributed by atoms with van der Waals surface area (Å²) in [7, 11) is 1.92. The summed E-state index contributed by atoms with van der Waals surface area (Å²) in [6.45, 7) is 4.94. The Balaban J connectivity index is 0.973. The highest BCUT2D eigenvalue weighted by molar-refractivity contribution is 5.64. The second-order valence-corrected chi connectivity index (χ2v) is 10.1. The zero-order chi connectivity index (χ0) is 27.6. The number of aryl methyl sites for hydroxylation is 1. The third kappa shape index (κ3) is 5.39. The van der Waals surface area contributed by atoms with Gasteiger partial charge in [0.2, 0.25) is 0 Å². The van der Waals surface area contributed by atoms with Gasteiger partial charge in [-0.1, -0.05) is 24.3 Å². The molecule has 6 heterocycles. The van der Waals surface area contributed by atoms with Gasteiger partial charge in [0.1, 0.15) is 30.1 Å². The number of nitrogens with one attached hydrogen (secondary N) is 1. The van der Waals surface area contributed by atoms with Crippen LogP contribution < -0.4 is 10.1 Å². The number of hydrogen-bond acceptors (Lipinski definition) is 8. The molecule has 0 bridgehead atoms. The lowest BCUT2D eigenvalue weighted by molar-refractivity contribution is 0.172. The topological polar surface area (TPSA) is 103 Å². The molecule has 11 nitrogen and oxygen atoms in total. The van der Waals surface area contributed by atoms with E-state index in [1.54, 1.807) is 6.33 Å². The van der Waals surface area contributed by atoms with E-state index < -0.39 is 0 Å². The van der Waals surface area contributed by atoms with Crippen molar-refractivity contribution in [3.8, 4) is 28.3 Å². The molecule has 11 heteroatoms. The van der Waals surface area contributed by atoms with Crippen molar-refractivity contribution in [2.75, 3.05) is 25.0 Å². The van der Waals surface area contributed by atoms with Crippen LogP contribution >= 0.6 is 0 Å². The summed E-state index contributed by atoms with van der Waals surface area (Å²) in [6.07, 6.45) is 11.1. The Morgan fingerprint density at radius 1 is 0.927 bits per heavy atom. The lowest BCUT2D eigenvalue weighted by Gasteiger charge is -2.27. The van der Waals surface area contributed by atoms with Crippen molar-refractivity contribution < 1.29 is 4.74 Å². The highest BCUT2D eigenvalue weighted by Crippen LogP contribution is 2.24. The quantitative estimate of drug-likeness (QED) is 0.291. The zero-order valence-electron chi connectivity index (χ0n) is 22.8. The first kappa shape index (κ1) is 25.0. The Morgan fingerprint density at radius 3 is 2.73 bits per heavy atom. The normalized spacial score (nSPS) is 13.4. The van der Waals surface area contributed by atoms with Gasteiger partial charge in [0.05, 0.1) is 36.0 Å². The molecule has 1 aliphatic rings. The maximum atomic E-state index is 6.07. The summed E-state index contributed by atoms with van der Waals surface area (Å²) in [5, 5.41) is 12.0. The first-order chi connectivity index (χ1) is 20.2. The van der Waals surface area contributed by atoms with Crippen LogP contribution in [0.5, 0.6) is 5.75 Å². The van der Waals surface area contributed by atoms with Crippen molar-refractivity contribution in [3.63, 3.8) is 0 Å². The van der Waals surface area contributed by atoms with Crippen LogP contribution in [0, 0.1) is 0 Å². The molecule has 6 aromatic rings. The van der Waals surface area contributed by atoms with E-state index in [0.717, 1.165) is 71.5 Å². The second-order valence-electron chi connectivity index (χ2n) is 10.1. The number of pyridine rings is 1. The van der Waals surface area contributed by atoms with Crippen LogP contribution in [0.15, 0.2) is 85.8 Å². The van der Waals surface area contributed by atoms with Crippen molar-refractivity contribution >= 4 is 11.5 Å². The molecule has 41 heavy (non-hydrogen) atoms. The van der Waals surface area contributed by atoms with Gasteiger partial charge in [0.15, 0.2) is 0 Å². The van der Waals surface area contributed by atoms with Gasteiger partial charge >= 0.3 is 0 Å². The average Bonchev–Trinajstić information content (AvgIpc) is 3.76. The molecule has 0 unspecified atom stereocenters. The highest BCUT2D eigenvalue weighted by atomic mass is 16.5. The molecule has 1 N–H and O–H groups in total. The highest BCUT2D eigenvalue weighted by Gasteiger charge is 2.16. The lowest BCUT2D eigenvalue weighted by atomic mass is 10.1. The summed E-state index contributed by atoms with van der Waals surface area (Å²) in [5.41, 5.74) is 7.14. The smallest absolute Gasteiger partial charge is 0.140 e. The monoisotopic (exact) mass is 546 g/mol. The van der Waals surface area contributed by atoms with E-state index in [1.165, 1.54) is 5.69 Å². The molecule has 0 aliphatic carbocycles. The molecule has 0 amide bonds. The zero-order valence-corrected chi connectivity index (χ0v) is 22.8. The predicted molar refractivity (Wildman–Crippen MR) is 155 cm³/mol. The standard InChI is InChI=1S/C30H30N10O/c1-37-19-24(17-36-37)23-4-2-22(3-5-23)16-31-29-15-27(33-21-34-29)28-18-32-30-14-26(7-9-39(28)30)41-13-12-38-10-11-40-25(20-38)6-8-35-40/h2-9,14-15,17-19,21H,10-13,16,20H2,1H3,(H,31,33,34). The van der Waals surface area contributed by atoms with Crippen LogP contribution in [0.25, 0.3) is 28.2 Å². The molecule has 0 radical (unpaired) electrons. The molecule has 1 aliphatic heterocycles. The van der Waals surface area contributed by atoms with Gasteiger partial charge in [-0.2, -0.15) is 10.2 Å². The maximum Gasteiger partial charge on any atom is 0.140 e. The van der Waals surface area contributed by atoms with Crippen molar-refractivity contribution in [1.29, 1.82) is 0 Å². The van der Waals surface area contributed by atoms with Crippen molar-refractivity contribution in [2.24, 2.45) is 7.05 Å². The number of nitrogens with zero attached hydrogens (tertiary/aromatic N) is 9. The number of aromatic nitrogens is 8. The third-order valence-electron chi connectivity index (χ3n) is 7.37. The number of ether oxygens (including phenoxy) is 1. The van der Waals surface area contributed by atoms with E-state index in [4.69, 9.17) is 4.74 Å². The van der Waals surface area contributed by atoms with Crippen LogP contribution in [-0.4, -0.2) is 63.5 Å². The van der Waals surface area contributed by atoms with Gasteiger partial charge in [-0.15, -0.1) is 0 Å². The summed E-state index contributed by atoms with van der Waals surface area (Å²) in [4.78, 5) is 15.9. The second kappa shape index (κ2) is 10.9. The number of rotatable bonds is 9. The van der Waals surface area contributed by atoms with Crippen LogP contribution in [0.4, 0.5) is 5.82 Å². The fraction of sp³-hybridized carbons (Fsp3) is 0.233. The molecule has 0 fully saturated rings. The lowest BCUT2D eigenvalue weighted by Crippen LogP contribution is -2.36. The van der Waals surface area contributed by atoms with Gasteiger partial charge in [0, 0.05) is 69.5 Å². The average molecular weight is 547 g/mol. The fourth-order valence-corrected chi connectivity index (χ4v) is 5.14. The van der Waals surface area contributed by atoms with Crippen molar-refractivity contribution in [1.82, 2.24) is 43.8 Å². The number of hydrogen-bond donors (Lipinski definition) is 1. The van der Waals surface area contributed by atoms with E-state index in [2.05, 4.69) is 70.4 Å². The first-order valence-corrected chi connectivity index (χ1v) is 13.7. The van der Waals surface area contributed by atoms with E-state index in [0.29, 0.717) is 13.2 Å². The molecule has 206 valence electrons. The van der Waals surface area contributed by atoms with Gasteiger partial charge in [-0.3, -0.25) is 18.7 Å². The fourth-order valence-electron chi connectivity index (χ4n) is 5.14. The molecule has 1 aromatic carbocycles. The Bertz CT molecular complexity index is 1780. The molecular formula is C30H30N10O. The van der Waals surface area contributed by atoms with E-state index in [1.807, 2.05) is 65.3 Å². The van der Waals surface area contributed by atoms with Crippen LogP contribution in [0.3, 0.4) is 0 Å². The minimum absolute atomic E-state index is 0.616. The first-order valence-electron chi connectivity index (χ1n) is 13.7. The minimum Gasteiger partial charge on any atom is -0.492 e. The summed E-state index contributed by atoms with van der Waals surface area (Å²) in [5.74, 6) is 1.55. The molecular weight excluding hydrogens is 516 g/mol. The predicted octanol–water partition coefficient (Wildman–Crippen LogP) is 3.90. The minimum atomic E-state index is 0.616. The third-order valence-corrected chi connectivity index (χ3v) is 7.37. The van der Waals surface area contributed by atoms with Crippen molar-refractivity contribution in [2.45, 2.75) is 19.6 Å². The molecule has 7 rings (SSSR count). The van der Waals surface area contributed by atoms with E-state index >= 15 is 0 Å². The Morgan fingerprint density at radius 2 is 1.85 bits per heavy atom. The molecule has 0 saturated heterocycles. The van der Waals surface area contributed by atoms with E-state index in [-0.39, 0.29) is 0 Å². The number of fused-ring (bicyclic) bond motifs is 2. The Labute approximate surface area is 237 Å².